The van der Waals surface area contributed by atoms with E-state index in [9.17, 15) is 0 Å². The van der Waals surface area contributed by atoms with Crippen molar-refractivity contribution in [1.29, 1.82) is 0 Å². The van der Waals surface area contributed by atoms with Crippen LogP contribution in [0, 0.1) is 0 Å². The highest BCUT2D eigenvalue weighted by Crippen LogP contribution is 2.16. The lowest BCUT2D eigenvalue weighted by Gasteiger charge is -2.24. The van der Waals surface area contributed by atoms with Crippen LogP contribution >= 0.6 is 0 Å². The third-order valence-electron chi connectivity index (χ3n) is 2.11. The zero-order valence-electron chi connectivity index (χ0n) is 7.74. The van der Waals surface area contributed by atoms with E-state index in [0.29, 0.717) is 13.0 Å². The average molecular weight is 179 g/mol. The largest absolute Gasteiger partial charge is 0.330 e. The van der Waals surface area contributed by atoms with Crippen molar-refractivity contribution in [2.75, 3.05) is 6.54 Å². The summed E-state index contributed by atoms with van der Waals surface area (Å²) in [5.74, 6) is 0. The average Bonchev–Trinajstić information content (AvgIpc) is 2.16. The SMILES string of the molecule is NCCCC(N)(N)c1ccccc1. The first-order chi connectivity index (χ1) is 6.17. The second-order valence-electron chi connectivity index (χ2n) is 3.30. The first-order valence-corrected chi connectivity index (χ1v) is 4.50. The van der Waals surface area contributed by atoms with Crippen LogP contribution in [-0.4, -0.2) is 6.54 Å². The van der Waals surface area contributed by atoms with Crippen LogP contribution in [0.1, 0.15) is 18.4 Å². The van der Waals surface area contributed by atoms with Crippen LogP contribution in [0.2, 0.25) is 0 Å². The Morgan fingerprint density at radius 3 is 2.23 bits per heavy atom. The zero-order valence-corrected chi connectivity index (χ0v) is 7.74. The lowest BCUT2D eigenvalue weighted by molar-refractivity contribution is 0.415. The van der Waals surface area contributed by atoms with Crippen molar-refractivity contribution < 1.29 is 0 Å². The highest BCUT2D eigenvalue weighted by molar-refractivity contribution is 5.22. The molecule has 0 aliphatic rings. The molecule has 0 aliphatic carbocycles. The molecule has 3 heteroatoms. The van der Waals surface area contributed by atoms with Gasteiger partial charge in [-0.3, -0.25) is 0 Å². The second-order valence-corrected chi connectivity index (χ2v) is 3.30. The molecule has 0 spiro atoms. The summed E-state index contributed by atoms with van der Waals surface area (Å²) in [7, 11) is 0. The molecule has 3 nitrogen and oxygen atoms in total. The quantitative estimate of drug-likeness (QED) is 0.589. The predicted molar refractivity (Wildman–Crippen MR) is 54.8 cm³/mol. The van der Waals surface area contributed by atoms with Crippen molar-refractivity contribution in [2.24, 2.45) is 17.2 Å². The van der Waals surface area contributed by atoms with E-state index in [1.54, 1.807) is 0 Å². The molecule has 1 aromatic carbocycles. The Bertz CT molecular complexity index is 244. The first-order valence-electron chi connectivity index (χ1n) is 4.50. The number of hydrogen-bond acceptors (Lipinski definition) is 3. The van der Waals surface area contributed by atoms with Crippen molar-refractivity contribution in [3.63, 3.8) is 0 Å². The van der Waals surface area contributed by atoms with Crippen LogP contribution in [0.25, 0.3) is 0 Å². The van der Waals surface area contributed by atoms with E-state index in [2.05, 4.69) is 0 Å². The van der Waals surface area contributed by atoms with Gasteiger partial charge in [-0.05, 0) is 24.9 Å². The third kappa shape index (κ3) is 2.81. The summed E-state index contributed by atoms with van der Waals surface area (Å²) < 4.78 is 0. The fourth-order valence-corrected chi connectivity index (χ4v) is 1.29. The Labute approximate surface area is 78.9 Å². The molecule has 0 aromatic heterocycles. The Kier molecular flexibility index (Phi) is 3.42. The predicted octanol–water partition coefficient (Wildman–Crippen LogP) is 0.496. The van der Waals surface area contributed by atoms with Gasteiger partial charge in [0.25, 0.3) is 0 Å². The molecular formula is C10H17N3. The van der Waals surface area contributed by atoms with E-state index in [1.165, 1.54) is 0 Å². The lowest BCUT2D eigenvalue weighted by atomic mass is 9.96. The zero-order chi connectivity index (χ0) is 9.73. The van der Waals surface area contributed by atoms with Gasteiger partial charge in [-0.2, -0.15) is 0 Å². The van der Waals surface area contributed by atoms with Gasteiger partial charge in [0.2, 0.25) is 0 Å². The summed E-state index contributed by atoms with van der Waals surface area (Å²) in [5.41, 5.74) is 17.5. The number of rotatable bonds is 4. The van der Waals surface area contributed by atoms with Gasteiger partial charge in [0.1, 0.15) is 0 Å². The standard InChI is InChI=1S/C10H17N3/c11-8-4-7-10(12,13)9-5-2-1-3-6-9/h1-3,5-6H,4,7-8,11-13H2. The van der Waals surface area contributed by atoms with E-state index < -0.39 is 5.66 Å². The van der Waals surface area contributed by atoms with Crippen molar-refractivity contribution in [2.45, 2.75) is 18.5 Å². The topological polar surface area (TPSA) is 78.1 Å². The van der Waals surface area contributed by atoms with Crippen LogP contribution in [0.5, 0.6) is 0 Å². The van der Waals surface area contributed by atoms with Crippen molar-refractivity contribution in [3.05, 3.63) is 35.9 Å². The molecule has 1 rings (SSSR count). The van der Waals surface area contributed by atoms with E-state index in [0.717, 1.165) is 12.0 Å². The van der Waals surface area contributed by atoms with Gasteiger partial charge in [0.05, 0.1) is 5.66 Å². The van der Waals surface area contributed by atoms with E-state index in [4.69, 9.17) is 17.2 Å². The number of nitrogens with two attached hydrogens (primary N) is 3. The molecule has 72 valence electrons. The molecule has 1 aromatic rings. The normalized spacial score (nSPS) is 11.6. The summed E-state index contributed by atoms with van der Waals surface area (Å²) in [6.07, 6.45) is 1.56. The van der Waals surface area contributed by atoms with E-state index >= 15 is 0 Å². The number of hydrogen-bond donors (Lipinski definition) is 3. The molecule has 0 saturated carbocycles. The Morgan fingerprint density at radius 2 is 1.69 bits per heavy atom. The minimum atomic E-state index is -0.735. The maximum atomic E-state index is 5.95. The monoisotopic (exact) mass is 179 g/mol. The summed E-state index contributed by atoms with van der Waals surface area (Å²) in [6.45, 7) is 0.628. The highest BCUT2D eigenvalue weighted by Gasteiger charge is 2.19. The molecule has 0 fully saturated rings. The van der Waals surface area contributed by atoms with Gasteiger partial charge in [0.15, 0.2) is 0 Å². The lowest BCUT2D eigenvalue weighted by Crippen LogP contribution is -2.46. The third-order valence-corrected chi connectivity index (χ3v) is 2.11. The molecule has 0 aliphatic heterocycles. The molecule has 13 heavy (non-hydrogen) atoms. The Balaban J connectivity index is 2.69. The van der Waals surface area contributed by atoms with Crippen LogP contribution in [-0.2, 0) is 5.66 Å². The summed E-state index contributed by atoms with van der Waals surface area (Å²) in [6, 6.07) is 9.70. The molecule has 0 radical (unpaired) electrons. The number of benzene rings is 1. The molecule has 6 N–H and O–H groups in total. The first kappa shape index (κ1) is 10.2. The van der Waals surface area contributed by atoms with Crippen LogP contribution in [0.4, 0.5) is 0 Å². The molecule has 0 amide bonds. The van der Waals surface area contributed by atoms with Crippen molar-refractivity contribution >= 4 is 0 Å². The molecule has 0 atom stereocenters. The van der Waals surface area contributed by atoms with Crippen LogP contribution in [0.3, 0.4) is 0 Å². The van der Waals surface area contributed by atoms with Gasteiger partial charge < -0.3 is 17.2 Å². The van der Waals surface area contributed by atoms with Gasteiger partial charge in [-0.15, -0.1) is 0 Å². The molecule has 0 heterocycles. The van der Waals surface area contributed by atoms with E-state index in [1.807, 2.05) is 30.3 Å². The van der Waals surface area contributed by atoms with Gasteiger partial charge >= 0.3 is 0 Å². The smallest absolute Gasteiger partial charge is 0.0899 e. The molecular weight excluding hydrogens is 162 g/mol. The summed E-state index contributed by atoms with van der Waals surface area (Å²) in [5, 5.41) is 0. The van der Waals surface area contributed by atoms with Gasteiger partial charge in [0, 0.05) is 0 Å². The summed E-state index contributed by atoms with van der Waals surface area (Å²) in [4.78, 5) is 0. The fourth-order valence-electron chi connectivity index (χ4n) is 1.29. The van der Waals surface area contributed by atoms with Gasteiger partial charge in [-0.1, -0.05) is 30.3 Å². The minimum absolute atomic E-state index is 0.628. The van der Waals surface area contributed by atoms with Crippen molar-refractivity contribution in [3.8, 4) is 0 Å². The van der Waals surface area contributed by atoms with Gasteiger partial charge in [-0.25, -0.2) is 0 Å². The molecule has 0 bridgehead atoms. The highest BCUT2D eigenvalue weighted by atomic mass is 14.9. The van der Waals surface area contributed by atoms with Crippen LogP contribution < -0.4 is 17.2 Å². The molecule has 0 unspecified atom stereocenters. The second kappa shape index (κ2) is 4.37. The molecule has 0 saturated heterocycles. The maximum absolute atomic E-state index is 5.95. The maximum Gasteiger partial charge on any atom is 0.0899 e. The fraction of sp³-hybridized carbons (Fsp3) is 0.400. The van der Waals surface area contributed by atoms with Crippen LogP contribution in [0.15, 0.2) is 30.3 Å². The summed E-state index contributed by atoms with van der Waals surface area (Å²) >= 11 is 0. The Morgan fingerprint density at radius 1 is 1.08 bits per heavy atom. The minimum Gasteiger partial charge on any atom is -0.330 e. The van der Waals surface area contributed by atoms with E-state index in [-0.39, 0.29) is 0 Å². The van der Waals surface area contributed by atoms with Crippen molar-refractivity contribution in [1.82, 2.24) is 0 Å². The Hall–Kier alpha value is -0.900.